The minimum atomic E-state index is -0.460. The molecule has 1 aliphatic rings. The molecule has 110 valence electrons. The minimum Gasteiger partial charge on any atom is -0.492 e. The van der Waals surface area contributed by atoms with Crippen molar-refractivity contribution in [1.82, 2.24) is 5.32 Å². The van der Waals surface area contributed by atoms with Gasteiger partial charge in [0.15, 0.2) is 0 Å². The van der Waals surface area contributed by atoms with Crippen molar-refractivity contribution in [1.29, 1.82) is 0 Å². The average Bonchev–Trinajstić information content (AvgIpc) is 2.68. The lowest BCUT2D eigenvalue weighted by molar-refractivity contribution is 0.151. The van der Waals surface area contributed by atoms with Crippen molar-refractivity contribution < 1.29 is 9.84 Å². The molecule has 2 aromatic carbocycles. The Bertz CT molecular complexity index is 570. The van der Waals surface area contributed by atoms with E-state index in [2.05, 4.69) is 29.6 Å². The Morgan fingerprint density at radius 1 is 1.05 bits per heavy atom. The minimum absolute atomic E-state index is 0.177. The van der Waals surface area contributed by atoms with E-state index >= 15 is 0 Å². The number of ether oxygens (including phenoxy) is 1. The zero-order valence-electron chi connectivity index (χ0n) is 12.0. The molecule has 1 heterocycles. The first-order chi connectivity index (χ1) is 10.3. The summed E-state index contributed by atoms with van der Waals surface area (Å²) in [6, 6.07) is 18.3. The highest BCUT2D eigenvalue weighted by Crippen LogP contribution is 2.30. The third-order valence-electron chi connectivity index (χ3n) is 3.92. The van der Waals surface area contributed by atoms with Gasteiger partial charge < -0.3 is 15.2 Å². The smallest absolute Gasteiger partial charge is 0.125 e. The van der Waals surface area contributed by atoms with Crippen molar-refractivity contribution in [2.45, 2.75) is 25.0 Å². The number of benzene rings is 2. The standard InChI is InChI=1S/C18H21NO2/c20-17-12-15(13-21-18-9-5-4-8-16(17)18)19-11-10-14-6-2-1-3-7-14/h1-9,15,17,19-20H,10-13H2/t15-,17+/m0/s1. The fourth-order valence-electron chi connectivity index (χ4n) is 2.75. The van der Waals surface area contributed by atoms with Crippen molar-refractivity contribution in [3.05, 3.63) is 65.7 Å². The van der Waals surface area contributed by atoms with E-state index in [9.17, 15) is 5.11 Å². The summed E-state index contributed by atoms with van der Waals surface area (Å²) in [5, 5.41) is 13.8. The molecule has 0 spiro atoms. The molecule has 0 saturated carbocycles. The summed E-state index contributed by atoms with van der Waals surface area (Å²) in [7, 11) is 0. The van der Waals surface area contributed by atoms with Gasteiger partial charge in [0.05, 0.1) is 6.10 Å². The third-order valence-corrected chi connectivity index (χ3v) is 3.92. The van der Waals surface area contributed by atoms with Gasteiger partial charge in [-0.25, -0.2) is 0 Å². The van der Waals surface area contributed by atoms with Crippen LogP contribution in [0, 0.1) is 0 Å². The number of hydrogen-bond donors (Lipinski definition) is 2. The number of fused-ring (bicyclic) bond motifs is 1. The maximum absolute atomic E-state index is 10.3. The van der Waals surface area contributed by atoms with E-state index in [1.165, 1.54) is 5.56 Å². The van der Waals surface area contributed by atoms with Crippen molar-refractivity contribution in [3.63, 3.8) is 0 Å². The largest absolute Gasteiger partial charge is 0.492 e. The lowest BCUT2D eigenvalue weighted by Gasteiger charge is -2.17. The predicted molar refractivity (Wildman–Crippen MR) is 83.5 cm³/mol. The Kier molecular flexibility index (Phi) is 4.53. The van der Waals surface area contributed by atoms with E-state index in [0.29, 0.717) is 13.0 Å². The molecule has 2 N–H and O–H groups in total. The van der Waals surface area contributed by atoms with Crippen LogP contribution in [0.1, 0.15) is 23.7 Å². The Morgan fingerprint density at radius 2 is 1.81 bits per heavy atom. The van der Waals surface area contributed by atoms with Crippen LogP contribution in [0.2, 0.25) is 0 Å². The molecule has 0 bridgehead atoms. The summed E-state index contributed by atoms with van der Waals surface area (Å²) >= 11 is 0. The third kappa shape index (κ3) is 3.63. The second-order valence-corrected chi connectivity index (χ2v) is 5.49. The summed E-state index contributed by atoms with van der Waals surface area (Å²) in [6.45, 7) is 1.49. The van der Waals surface area contributed by atoms with Crippen molar-refractivity contribution in [2.24, 2.45) is 0 Å². The van der Waals surface area contributed by atoms with Crippen LogP contribution in [0.5, 0.6) is 5.75 Å². The zero-order chi connectivity index (χ0) is 14.5. The van der Waals surface area contributed by atoms with Crippen molar-refractivity contribution >= 4 is 0 Å². The molecule has 0 radical (unpaired) electrons. The molecule has 3 rings (SSSR count). The monoisotopic (exact) mass is 283 g/mol. The SMILES string of the molecule is O[C@@H]1C[C@H](NCCc2ccccc2)COc2ccccc21. The van der Waals surface area contributed by atoms with Crippen LogP contribution in [0.15, 0.2) is 54.6 Å². The van der Waals surface area contributed by atoms with E-state index in [1.807, 2.05) is 30.3 Å². The first kappa shape index (κ1) is 14.1. The van der Waals surface area contributed by atoms with Crippen LogP contribution in [0.4, 0.5) is 0 Å². The van der Waals surface area contributed by atoms with Gasteiger partial charge in [-0.3, -0.25) is 0 Å². The molecule has 3 heteroatoms. The Morgan fingerprint density at radius 3 is 2.67 bits per heavy atom. The van der Waals surface area contributed by atoms with E-state index < -0.39 is 6.10 Å². The summed E-state index contributed by atoms with van der Waals surface area (Å²) in [6.07, 6.45) is 1.21. The number of rotatable bonds is 4. The summed E-state index contributed by atoms with van der Waals surface area (Å²) < 4.78 is 5.81. The van der Waals surface area contributed by atoms with Crippen LogP contribution in [0.25, 0.3) is 0 Å². The molecular formula is C18H21NO2. The first-order valence-corrected chi connectivity index (χ1v) is 7.50. The highest BCUT2D eigenvalue weighted by Gasteiger charge is 2.23. The Balaban J connectivity index is 1.54. The Labute approximate surface area is 125 Å². The number of nitrogens with one attached hydrogen (secondary N) is 1. The number of para-hydroxylation sites is 1. The van der Waals surface area contributed by atoms with Crippen molar-refractivity contribution in [3.8, 4) is 5.75 Å². The van der Waals surface area contributed by atoms with Gasteiger partial charge >= 0.3 is 0 Å². The fourth-order valence-corrected chi connectivity index (χ4v) is 2.75. The van der Waals surface area contributed by atoms with E-state index in [-0.39, 0.29) is 6.04 Å². The van der Waals surface area contributed by atoms with Gasteiger partial charge in [-0.05, 0) is 31.0 Å². The summed E-state index contributed by atoms with van der Waals surface area (Å²) in [4.78, 5) is 0. The van der Waals surface area contributed by atoms with Crippen LogP contribution in [0.3, 0.4) is 0 Å². The van der Waals surface area contributed by atoms with Crippen LogP contribution >= 0.6 is 0 Å². The van der Waals surface area contributed by atoms with E-state index in [0.717, 1.165) is 24.3 Å². The summed E-state index contributed by atoms with van der Waals surface area (Å²) in [5.41, 5.74) is 2.22. The van der Waals surface area contributed by atoms with Gasteiger partial charge in [0.25, 0.3) is 0 Å². The van der Waals surface area contributed by atoms with Crippen molar-refractivity contribution in [2.75, 3.05) is 13.2 Å². The lowest BCUT2D eigenvalue weighted by atomic mass is 10.0. The molecule has 2 atom stereocenters. The molecule has 0 saturated heterocycles. The van der Waals surface area contributed by atoms with Crippen LogP contribution in [-0.2, 0) is 6.42 Å². The fraction of sp³-hybridized carbons (Fsp3) is 0.333. The molecule has 1 aliphatic heterocycles. The maximum Gasteiger partial charge on any atom is 0.125 e. The molecule has 0 aliphatic carbocycles. The highest BCUT2D eigenvalue weighted by molar-refractivity contribution is 5.36. The maximum atomic E-state index is 10.3. The molecule has 0 aromatic heterocycles. The second-order valence-electron chi connectivity index (χ2n) is 5.49. The molecule has 3 nitrogen and oxygen atoms in total. The predicted octanol–water partition coefficient (Wildman–Crippen LogP) is 2.70. The van der Waals surface area contributed by atoms with Crippen LogP contribution < -0.4 is 10.1 Å². The number of aliphatic hydroxyl groups excluding tert-OH is 1. The molecule has 2 aromatic rings. The second kappa shape index (κ2) is 6.74. The van der Waals surface area contributed by atoms with Crippen LogP contribution in [-0.4, -0.2) is 24.3 Å². The quantitative estimate of drug-likeness (QED) is 0.906. The lowest BCUT2D eigenvalue weighted by Crippen LogP contribution is -2.36. The van der Waals surface area contributed by atoms with E-state index in [4.69, 9.17) is 4.74 Å². The zero-order valence-corrected chi connectivity index (χ0v) is 12.0. The first-order valence-electron chi connectivity index (χ1n) is 7.50. The molecular weight excluding hydrogens is 262 g/mol. The Hall–Kier alpha value is -1.84. The number of hydrogen-bond acceptors (Lipinski definition) is 3. The molecule has 0 amide bonds. The van der Waals surface area contributed by atoms with Gasteiger partial charge in [0.2, 0.25) is 0 Å². The van der Waals surface area contributed by atoms with E-state index in [1.54, 1.807) is 0 Å². The summed E-state index contributed by atoms with van der Waals surface area (Å²) in [5.74, 6) is 0.803. The average molecular weight is 283 g/mol. The topological polar surface area (TPSA) is 41.5 Å². The molecule has 0 unspecified atom stereocenters. The normalized spacial score (nSPS) is 21.2. The van der Waals surface area contributed by atoms with Gasteiger partial charge in [0.1, 0.15) is 12.4 Å². The number of aliphatic hydroxyl groups is 1. The molecule has 21 heavy (non-hydrogen) atoms. The van der Waals surface area contributed by atoms with Gasteiger partial charge in [-0.1, -0.05) is 48.5 Å². The molecule has 0 fully saturated rings. The van der Waals surface area contributed by atoms with Gasteiger partial charge in [0, 0.05) is 11.6 Å². The highest BCUT2D eigenvalue weighted by atomic mass is 16.5. The van der Waals surface area contributed by atoms with Gasteiger partial charge in [-0.15, -0.1) is 0 Å². The van der Waals surface area contributed by atoms with Gasteiger partial charge in [-0.2, -0.15) is 0 Å².